The van der Waals surface area contributed by atoms with Gasteiger partial charge < -0.3 is 34.0 Å². The van der Waals surface area contributed by atoms with Crippen molar-refractivity contribution in [3.63, 3.8) is 0 Å². The quantitative estimate of drug-likeness (QED) is 0.185. The van der Waals surface area contributed by atoms with Gasteiger partial charge in [0, 0.05) is 25.2 Å². The summed E-state index contributed by atoms with van der Waals surface area (Å²) in [4.78, 5) is 57.7. The van der Waals surface area contributed by atoms with Crippen molar-refractivity contribution in [3.8, 4) is 0 Å². The number of rotatable bonds is 2. The number of ether oxygens (including phenoxy) is 2. The molecule has 0 aromatic carbocycles. The lowest BCUT2D eigenvalue weighted by molar-refractivity contribution is -0.0621. The predicted molar refractivity (Wildman–Crippen MR) is 154 cm³/mol. The standard InChI is InChI=1S/C22H24N10O10P2S/c23-22-28-20-17(21(33)29-22)26-9-32(20)15-4-11-12(39-15)5-37-43(34,35)41-10-3-14(40-13(10)6-38-44(36,45)42-11)31-8-25-16-18-24-1-2-30(18)7-27-19(16)31/h1-2,7-15H,3-6H2,(H,34,35)(H,36,45)(H3,23,28,29,33)/t10-,11-,12+,13+,14+,15+,44?/m0/s1. The molecule has 5 aromatic rings. The Balaban J connectivity index is 1.04. The number of phosphoric ester groups is 1. The minimum Gasteiger partial charge on any atom is -0.369 e. The van der Waals surface area contributed by atoms with Crippen LogP contribution in [0, 0.1) is 0 Å². The van der Waals surface area contributed by atoms with Crippen LogP contribution in [-0.4, -0.2) is 90.9 Å². The van der Waals surface area contributed by atoms with Gasteiger partial charge in [0.2, 0.25) is 5.95 Å². The number of phosphoric acid groups is 1. The van der Waals surface area contributed by atoms with Gasteiger partial charge in [0.25, 0.3) is 5.56 Å². The highest BCUT2D eigenvalue weighted by Gasteiger charge is 2.47. The van der Waals surface area contributed by atoms with E-state index in [1.165, 1.54) is 17.2 Å². The van der Waals surface area contributed by atoms with Crippen molar-refractivity contribution in [1.82, 2.24) is 43.4 Å². The second kappa shape index (κ2) is 10.7. The molecule has 3 aliphatic heterocycles. The molecule has 8 heterocycles. The molecule has 238 valence electrons. The number of imidazole rings is 3. The Kier molecular flexibility index (Phi) is 6.93. The van der Waals surface area contributed by atoms with Crippen LogP contribution in [0.25, 0.3) is 28.0 Å². The number of aromatic nitrogens is 9. The third kappa shape index (κ3) is 5.29. The van der Waals surface area contributed by atoms with Gasteiger partial charge >= 0.3 is 14.5 Å². The Morgan fingerprint density at radius 1 is 0.867 bits per heavy atom. The third-order valence-electron chi connectivity index (χ3n) is 7.73. The van der Waals surface area contributed by atoms with Crippen molar-refractivity contribution >= 4 is 60.3 Å². The molecule has 23 heteroatoms. The maximum absolute atomic E-state index is 13.1. The summed E-state index contributed by atoms with van der Waals surface area (Å²) < 4.78 is 52.6. The minimum absolute atomic E-state index is 0.0267. The smallest absolute Gasteiger partial charge is 0.369 e. The van der Waals surface area contributed by atoms with Crippen molar-refractivity contribution in [3.05, 3.63) is 41.7 Å². The van der Waals surface area contributed by atoms with Gasteiger partial charge in [-0.25, -0.2) is 24.5 Å². The lowest BCUT2D eigenvalue weighted by Crippen LogP contribution is -2.32. The third-order valence-corrected chi connectivity index (χ3v) is 10.3. The number of hydrogen-bond donors (Lipinski definition) is 4. The Labute approximate surface area is 255 Å². The molecule has 3 aliphatic rings. The van der Waals surface area contributed by atoms with Gasteiger partial charge in [0.1, 0.15) is 37.1 Å². The molecule has 0 bridgehead atoms. The lowest BCUT2D eigenvalue weighted by atomic mass is 10.2. The van der Waals surface area contributed by atoms with E-state index in [0.29, 0.717) is 16.8 Å². The van der Waals surface area contributed by atoms with E-state index in [1.54, 1.807) is 27.7 Å². The SMILES string of the molecule is Nc1nc2c(ncn2[C@H]2C[C@@H]3OP(O)(=S)OC[C@H]4O[C@@H](n5cnc6c5ncn5ccnc65)C[C@@H]4OP(=O)(O)OC[C@H]3O2)c(=O)[nH]1. The molecule has 0 aliphatic carbocycles. The molecule has 20 nitrogen and oxygen atoms in total. The summed E-state index contributed by atoms with van der Waals surface area (Å²) in [7, 11) is -4.70. The normalized spacial score (nSPS) is 34.5. The van der Waals surface area contributed by atoms with Crippen molar-refractivity contribution in [2.75, 3.05) is 18.9 Å². The summed E-state index contributed by atoms with van der Waals surface area (Å²) in [6, 6.07) is 0. The summed E-state index contributed by atoms with van der Waals surface area (Å²) in [6.45, 7) is -4.74. The zero-order valence-electron chi connectivity index (χ0n) is 22.8. The van der Waals surface area contributed by atoms with Gasteiger partial charge in [0.05, 0.1) is 32.0 Å². The van der Waals surface area contributed by atoms with Crippen molar-refractivity contribution in [2.45, 2.75) is 49.7 Å². The number of nitrogen functional groups attached to an aromatic ring is 1. The van der Waals surface area contributed by atoms with E-state index < -0.39 is 63.6 Å². The molecule has 2 unspecified atom stereocenters. The second-order valence-electron chi connectivity index (χ2n) is 10.5. The molecule has 0 spiro atoms. The average Bonchev–Trinajstić information content (AvgIpc) is 3.79. The first kappa shape index (κ1) is 29.2. The van der Waals surface area contributed by atoms with Crippen LogP contribution >= 0.6 is 14.5 Å². The minimum atomic E-state index is -4.70. The summed E-state index contributed by atoms with van der Waals surface area (Å²) >= 11 is 5.31. The Bertz CT molecular complexity index is 2100. The predicted octanol–water partition coefficient (Wildman–Crippen LogP) is 0.504. The van der Waals surface area contributed by atoms with E-state index in [1.807, 2.05) is 0 Å². The van der Waals surface area contributed by atoms with Crippen LogP contribution in [0.3, 0.4) is 0 Å². The number of anilines is 1. The molecular weight excluding hydrogens is 658 g/mol. The number of nitrogens with one attached hydrogen (secondary N) is 1. The fourth-order valence-corrected chi connectivity index (χ4v) is 8.15. The number of hydrogen-bond acceptors (Lipinski definition) is 15. The molecule has 45 heavy (non-hydrogen) atoms. The van der Waals surface area contributed by atoms with Crippen LogP contribution in [0.15, 0.2) is 36.2 Å². The molecule has 5 N–H and O–H groups in total. The van der Waals surface area contributed by atoms with Gasteiger partial charge in [-0.2, -0.15) is 4.98 Å². The van der Waals surface area contributed by atoms with E-state index in [-0.39, 0.29) is 36.6 Å². The van der Waals surface area contributed by atoms with Crippen LogP contribution < -0.4 is 11.3 Å². The summed E-state index contributed by atoms with van der Waals surface area (Å²) in [5.74, 6) is -0.126. The average molecular weight is 683 g/mol. The van der Waals surface area contributed by atoms with Gasteiger partial charge in [-0.1, -0.05) is 0 Å². The van der Waals surface area contributed by atoms with E-state index in [9.17, 15) is 19.1 Å². The first-order chi connectivity index (χ1) is 21.5. The van der Waals surface area contributed by atoms with E-state index in [4.69, 9.17) is 45.1 Å². The second-order valence-corrected chi connectivity index (χ2v) is 14.7. The maximum Gasteiger partial charge on any atom is 0.472 e. The fourth-order valence-electron chi connectivity index (χ4n) is 5.71. The maximum atomic E-state index is 13.1. The van der Waals surface area contributed by atoms with Crippen LogP contribution in [0.5, 0.6) is 0 Å². The van der Waals surface area contributed by atoms with E-state index >= 15 is 0 Å². The van der Waals surface area contributed by atoms with Gasteiger partial charge in [-0.05, 0) is 11.8 Å². The highest BCUT2D eigenvalue weighted by molar-refractivity contribution is 8.07. The fraction of sp³-hybridized carbons (Fsp3) is 0.455. The van der Waals surface area contributed by atoms with E-state index in [0.717, 1.165) is 0 Å². The molecule has 0 radical (unpaired) electrons. The Morgan fingerprint density at radius 2 is 1.53 bits per heavy atom. The monoisotopic (exact) mass is 682 g/mol. The van der Waals surface area contributed by atoms with Crippen LogP contribution in [0.1, 0.15) is 25.3 Å². The van der Waals surface area contributed by atoms with Crippen LogP contribution in [-0.2, 0) is 43.9 Å². The summed E-state index contributed by atoms with van der Waals surface area (Å²) in [6.07, 6.45) is 2.42. The first-order valence-electron chi connectivity index (χ1n) is 13.5. The first-order valence-corrected chi connectivity index (χ1v) is 17.6. The Morgan fingerprint density at radius 3 is 2.29 bits per heavy atom. The lowest BCUT2D eigenvalue weighted by Gasteiger charge is -2.28. The summed E-state index contributed by atoms with van der Waals surface area (Å²) in [5, 5.41) is 0. The van der Waals surface area contributed by atoms with E-state index in [2.05, 4.69) is 29.9 Å². The Hall–Kier alpha value is -3.20. The van der Waals surface area contributed by atoms with Crippen molar-refractivity contribution in [2.24, 2.45) is 0 Å². The van der Waals surface area contributed by atoms with Gasteiger partial charge in [0.15, 0.2) is 28.0 Å². The highest BCUT2D eigenvalue weighted by atomic mass is 32.5. The zero-order valence-corrected chi connectivity index (χ0v) is 25.4. The molecule has 3 fully saturated rings. The van der Waals surface area contributed by atoms with Crippen molar-refractivity contribution < 1.29 is 41.9 Å². The topological polar surface area (TPSA) is 251 Å². The number of fused-ring (bicyclic) bond motifs is 6. The highest BCUT2D eigenvalue weighted by Crippen LogP contribution is 2.53. The molecule has 0 saturated carbocycles. The summed E-state index contributed by atoms with van der Waals surface area (Å²) in [5.41, 5.74) is 6.94. The van der Waals surface area contributed by atoms with Crippen molar-refractivity contribution in [1.29, 1.82) is 0 Å². The molecule has 8 rings (SSSR count). The molecule has 0 amide bonds. The van der Waals surface area contributed by atoms with Gasteiger partial charge in [-0.3, -0.25) is 32.4 Å². The molecule has 5 aromatic heterocycles. The zero-order chi connectivity index (χ0) is 31.1. The number of H-pyrrole nitrogens is 1. The number of nitrogens with zero attached hydrogens (tertiary/aromatic N) is 8. The van der Waals surface area contributed by atoms with Crippen LogP contribution in [0.2, 0.25) is 0 Å². The van der Waals surface area contributed by atoms with Gasteiger partial charge in [-0.15, -0.1) is 0 Å². The molecule has 8 atom stereocenters. The largest absolute Gasteiger partial charge is 0.472 e. The number of nitrogens with two attached hydrogens (primary N) is 1. The van der Waals surface area contributed by atoms with Crippen LogP contribution in [0.4, 0.5) is 5.95 Å². The molecule has 3 saturated heterocycles. The molecular formula is C22H24N10O10P2S. The number of aromatic amines is 1.